The maximum Gasteiger partial charge on any atom is 0.256 e. The van der Waals surface area contributed by atoms with E-state index >= 15 is 0 Å². The summed E-state index contributed by atoms with van der Waals surface area (Å²) in [6.45, 7) is 14.9. The maximum atomic E-state index is 4.35. The van der Waals surface area contributed by atoms with Crippen LogP contribution in [0.4, 0.5) is 0 Å². The molecule has 0 spiro atoms. The number of aromatic nitrogens is 4. The summed E-state index contributed by atoms with van der Waals surface area (Å²) in [4.78, 5) is 4.35. The average molecular weight is 803 g/mol. The molecule has 0 unspecified atom stereocenters. The van der Waals surface area contributed by atoms with Gasteiger partial charge >= 0.3 is 0 Å². The van der Waals surface area contributed by atoms with Gasteiger partial charge in [0.05, 0.1) is 13.1 Å². The van der Waals surface area contributed by atoms with Crippen LogP contribution in [0.1, 0.15) is 213 Å². The van der Waals surface area contributed by atoms with Crippen LogP contribution in [0, 0.1) is 0 Å². The van der Waals surface area contributed by atoms with E-state index in [0.29, 0.717) is 0 Å². The molecule has 0 aliphatic heterocycles. The third-order valence-corrected chi connectivity index (χ3v) is 9.78. The lowest BCUT2D eigenvalue weighted by atomic mass is 10.1. The van der Waals surface area contributed by atoms with Gasteiger partial charge in [0.1, 0.15) is 18.2 Å². The summed E-state index contributed by atoms with van der Waals surface area (Å²) in [5.74, 6) is 2.76. The monoisotopic (exact) mass is 800 g/mol. The molecule has 48 heavy (non-hydrogen) atoms. The molecule has 0 aliphatic carbocycles. The predicted molar refractivity (Wildman–Crippen MR) is 213 cm³/mol. The van der Waals surface area contributed by atoms with E-state index in [1.807, 2.05) is 6.20 Å². The van der Waals surface area contributed by atoms with Gasteiger partial charge in [-0.3, -0.25) is 0 Å². The van der Waals surface area contributed by atoms with Crippen LogP contribution in [0.15, 0.2) is 24.8 Å². The van der Waals surface area contributed by atoms with E-state index in [2.05, 4.69) is 71.9 Å². The van der Waals surface area contributed by atoms with Crippen LogP contribution < -0.4 is 21.5 Å². The first-order valence-electron chi connectivity index (χ1n) is 20.8. The molecule has 2 aromatic heterocycles. The lowest BCUT2D eigenvalue weighted by Gasteiger charge is -2.06. The Bertz CT molecular complexity index is 894. The standard InChI is InChI=1S/C27H53N2.C15H28N2.2BrH/c1-4-7-9-11-13-15-16-18-20-22-24-29-26-25-28(27(29)6-3)23-21-19-17-14-12-10-8-5-2;1-3-5-6-7-8-9-10-11-13-17-14-12-16-15(17)4-2;;/h25-26H,4-24H2,1-3H3;12,14H,3-11,13H2,1-2H3;2*1H/q+1;;;/p-1. The lowest BCUT2D eigenvalue weighted by Crippen LogP contribution is -3.00. The number of imidazole rings is 2. The molecule has 0 radical (unpaired) electrons. The van der Waals surface area contributed by atoms with Gasteiger partial charge < -0.3 is 21.5 Å². The summed E-state index contributed by atoms with van der Waals surface area (Å²) >= 11 is 0. The quantitative estimate of drug-likeness (QED) is 0.0551. The fourth-order valence-electron chi connectivity index (χ4n) is 6.77. The van der Waals surface area contributed by atoms with Gasteiger partial charge in [0.15, 0.2) is 0 Å². The first kappa shape index (κ1) is 49.5. The molecule has 0 bridgehead atoms. The van der Waals surface area contributed by atoms with Crippen LogP contribution in [0.25, 0.3) is 0 Å². The van der Waals surface area contributed by atoms with Crippen LogP contribution in [-0.2, 0) is 32.5 Å². The van der Waals surface area contributed by atoms with Crippen LogP contribution in [0.2, 0.25) is 0 Å². The van der Waals surface area contributed by atoms with E-state index in [-0.39, 0.29) is 34.0 Å². The Morgan fingerprint density at radius 1 is 0.479 bits per heavy atom. The molecular formula is C42H82Br2N4. The van der Waals surface area contributed by atoms with E-state index < -0.39 is 0 Å². The van der Waals surface area contributed by atoms with Gasteiger partial charge in [-0.05, 0) is 32.1 Å². The summed E-state index contributed by atoms with van der Waals surface area (Å²) in [5.41, 5.74) is 0. The number of rotatable bonds is 31. The highest BCUT2D eigenvalue weighted by molar-refractivity contribution is 8.93. The molecule has 2 heterocycles. The Morgan fingerprint density at radius 3 is 1.29 bits per heavy atom. The largest absolute Gasteiger partial charge is 1.00 e. The second-order valence-electron chi connectivity index (χ2n) is 14.0. The van der Waals surface area contributed by atoms with Gasteiger partial charge in [-0.15, -0.1) is 17.0 Å². The molecule has 0 aliphatic rings. The molecule has 2 aromatic rings. The van der Waals surface area contributed by atoms with Crippen LogP contribution in [0.5, 0.6) is 0 Å². The molecule has 0 amide bonds. The Balaban J connectivity index is 0. The number of halogens is 2. The molecule has 2 rings (SSSR count). The predicted octanol–water partition coefficient (Wildman–Crippen LogP) is 10.6. The van der Waals surface area contributed by atoms with Crippen molar-refractivity contribution in [1.82, 2.24) is 14.1 Å². The van der Waals surface area contributed by atoms with Crippen molar-refractivity contribution >= 4 is 17.0 Å². The van der Waals surface area contributed by atoms with E-state index in [1.165, 1.54) is 192 Å². The molecule has 6 heteroatoms. The summed E-state index contributed by atoms with van der Waals surface area (Å²) < 4.78 is 7.35. The summed E-state index contributed by atoms with van der Waals surface area (Å²) in [5, 5.41) is 0. The summed E-state index contributed by atoms with van der Waals surface area (Å²) in [7, 11) is 0. The van der Waals surface area contributed by atoms with Gasteiger partial charge in [-0.25, -0.2) is 14.1 Å². The van der Waals surface area contributed by atoms with Crippen molar-refractivity contribution in [3.8, 4) is 0 Å². The molecule has 284 valence electrons. The normalized spacial score (nSPS) is 10.8. The van der Waals surface area contributed by atoms with Crippen molar-refractivity contribution in [2.75, 3.05) is 0 Å². The van der Waals surface area contributed by atoms with Crippen molar-refractivity contribution in [3.05, 3.63) is 36.4 Å². The first-order valence-corrected chi connectivity index (χ1v) is 20.8. The molecule has 0 aromatic carbocycles. The average Bonchev–Trinajstić information content (AvgIpc) is 3.70. The fraction of sp³-hybridized carbons (Fsp3) is 0.857. The number of aryl methyl sites for hydroxylation is 4. The summed E-state index contributed by atoms with van der Waals surface area (Å²) in [6.07, 6.45) is 47.4. The van der Waals surface area contributed by atoms with Gasteiger partial charge in [0.25, 0.3) is 5.82 Å². The molecule has 0 atom stereocenters. The minimum absolute atomic E-state index is 0. The highest BCUT2D eigenvalue weighted by Crippen LogP contribution is 2.13. The number of unbranched alkanes of at least 4 members (excludes halogenated alkanes) is 23. The van der Waals surface area contributed by atoms with E-state index in [4.69, 9.17) is 0 Å². The van der Waals surface area contributed by atoms with Crippen molar-refractivity contribution in [3.63, 3.8) is 0 Å². The van der Waals surface area contributed by atoms with Crippen molar-refractivity contribution < 1.29 is 21.5 Å². The zero-order chi connectivity index (χ0) is 33.3. The first-order chi connectivity index (χ1) is 22.7. The molecule has 0 saturated heterocycles. The third-order valence-electron chi connectivity index (χ3n) is 9.78. The van der Waals surface area contributed by atoms with Gasteiger partial charge in [0, 0.05) is 31.8 Å². The number of hydrogen-bond acceptors (Lipinski definition) is 1. The SMILES string of the molecule is Br.CCCCCCCCCCCC[n+]1ccn(CCCCCCCCCC)c1CC.CCCCCCCCCCn1ccnc1CC.[Br-]. The minimum atomic E-state index is 0. The second-order valence-corrected chi connectivity index (χ2v) is 14.0. The highest BCUT2D eigenvalue weighted by atomic mass is 79.9. The molecule has 0 fully saturated rings. The van der Waals surface area contributed by atoms with Gasteiger partial charge in [0.2, 0.25) is 0 Å². The minimum Gasteiger partial charge on any atom is -1.00 e. The van der Waals surface area contributed by atoms with E-state index in [0.717, 1.165) is 19.4 Å². The fourth-order valence-corrected chi connectivity index (χ4v) is 6.77. The summed E-state index contributed by atoms with van der Waals surface area (Å²) in [6, 6.07) is 0. The zero-order valence-corrected chi connectivity index (χ0v) is 36.1. The maximum absolute atomic E-state index is 4.35. The van der Waals surface area contributed by atoms with Crippen LogP contribution >= 0.6 is 17.0 Å². The van der Waals surface area contributed by atoms with E-state index in [9.17, 15) is 0 Å². The van der Waals surface area contributed by atoms with Gasteiger partial charge in [-0.1, -0.05) is 169 Å². The second kappa shape index (κ2) is 37.6. The zero-order valence-electron chi connectivity index (χ0n) is 32.8. The van der Waals surface area contributed by atoms with E-state index in [1.54, 1.807) is 0 Å². The van der Waals surface area contributed by atoms with Crippen molar-refractivity contribution in [1.29, 1.82) is 0 Å². The van der Waals surface area contributed by atoms with Crippen LogP contribution in [-0.4, -0.2) is 14.1 Å². The highest BCUT2D eigenvalue weighted by Gasteiger charge is 2.14. The molecule has 4 nitrogen and oxygen atoms in total. The molecular weight excluding hydrogens is 720 g/mol. The lowest BCUT2D eigenvalue weighted by molar-refractivity contribution is -0.704. The smallest absolute Gasteiger partial charge is 0.256 e. The number of hydrogen-bond donors (Lipinski definition) is 0. The Morgan fingerprint density at radius 2 is 0.875 bits per heavy atom. The number of nitrogens with zero attached hydrogens (tertiary/aromatic N) is 4. The Kier molecular flexibility index (Phi) is 38.8. The topological polar surface area (TPSA) is 26.6 Å². The molecule has 0 saturated carbocycles. The Labute approximate surface area is 321 Å². The van der Waals surface area contributed by atoms with Crippen LogP contribution in [0.3, 0.4) is 0 Å². The van der Waals surface area contributed by atoms with Crippen molar-refractivity contribution in [2.45, 2.75) is 234 Å². The van der Waals surface area contributed by atoms with Crippen molar-refractivity contribution in [2.24, 2.45) is 0 Å². The Hall–Kier alpha value is -0.620. The molecule has 0 N–H and O–H groups in total. The third kappa shape index (κ3) is 26.2. The van der Waals surface area contributed by atoms with Gasteiger partial charge in [-0.2, -0.15) is 0 Å².